The molecule has 0 heterocycles. The van der Waals surface area contributed by atoms with Gasteiger partial charge in [-0.05, 0) is 42.0 Å². The van der Waals surface area contributed by atoms with Crippen molar-refractivity contribution in [2.45, 2.75) is 18.6 Å². The molecule has 2 amide bonds. The van der Waals surface area contributed by atoms with Crippen molar-refractivity contribution < 1.29 is 22.8 Å². The Bertz CT molecular complexity index is 1120. The predicted molar refractivity (Wildman–Crippen MR) is 118 cm³/mol. The first kappa shape index (κ1) is 23.6. The van der Waals surface area contributed by atoms with Crippen LogP contribution in [-0.2, 0) is 17.4 Å². The molecule has 0 aliphatic carbocycles. The number of nitrogens with one attached hydrogen (secondary N) is 2. The van der Waals surface area contributed by atoms with E-state index in [0.29, 0.717) is 5.02 Å². The summed E-state index contributed by atoms with van der Waals surface area (Å²) >= 11 is 12.0. The van der Waals surface area contributed by atoms with Gasteiger partial charge in [0.25, 0.3) is 5.91 Å². The average Bonchev–Trinajstić information content (AvgIpc) is 2.75. The first-order valence-corrected chi connectivity index (χ1v) is 10.2. The second kappa shape index (κ2) is 10.1. The number of benzene rings is 3. The van der Waals surface area contributed by atoms with Crippen molar-refractivity contribution >= 4 is 40.7 Å². The van der Waals surface area contributed by atoms with E-state index in [2.05, 4.69) is 10.6 Å². The molecule has 2 N–H and O–H groups in total. The smallest absolute Gasteiger partial charge is 0.340 e. The normalized spacial score (nSPS) is 12.2. The minimum absolute atomic E-state index is 0.114. The van der Waals surface area contributed by atoms with E-state index in [0.717, 1.165) is 23.8 Å². The summed E-state index contributed by atoms with van der Waals surface area (Å²) in [6.45, 7) is 0. The minimum Gasteiger partial charge on any atom is -0.340 e. The summed E-state index contributed by atoms with van der Waals surface area (Å²) in [7, 11) is 0. The highest BCUT2D eigenvalue weighted by molar-refractivity contribution is 6.36. The predicted octanol–water partition coefficient (Wildman–Crippen LogP) is 5.99. The number of rotatable bonds is 6. The van der Waals surface area contributed by atoms with Gasteiger partial charge in [0.15, 0.2) is 0 Å². The van der Waals surface area contributed by atoms with E-state index in [1.165, 1.54) is 24.3 Å². The molecule has 1 atom stereocenters. The second-order valence-electron chi connectivity index (χ2n) is 6.91. The highest BCUT2D eigenvalue weighted by Crippen LogP contribution is 2.29. The standard InChI is InChI=1S/C23H17Cl2F3N2O2/c24-17-9-10-19(18(25)13-17)29-22(32)20(11-14-5-2-1-3-6-14)30-21(31)15-7-4-8-16(12-15)23(26,27)28/h1-10,12-13,20H,11H2,(H,29,32)(H,30,31). The van der Waals surface area contributed by atoms with Gasteiger partial charge in [-0.1, -0.05) is 59.6 Å². The summed E-state index contributed by atoms with van der Waals surface area (Å²) in [6, 6.07) is 16.3. The number of hydrogen-bond donors (Lipinski definition) is 2. The maximum Gasteiger partial charge on any atom is 0.416 e. The third-order valence-corrected chi connectivity index (χ3v) is 5.09. The van der Waals surface area contributed by atoms with Gasteiger partial charge in [0.05, 0.1) is 16.3 Å². The van der Waals surface area contributed by atoms with Crippen molar-refractivity contribution in [3.63, 3.8) is 0 Å². The number of anilines is 1. The lowest BCUT2D eigenvalue weighted by Gasteiger charge is -2.19. The number of alkyl halides is 3. The number of halogens is 5. The molecule has 0 saturated heterocycles. The Balaban J connectivity index is 1.84. The van der Waals surface area contributed by atoms with Crippen LogP contribution in [0.4, 0.5) is 18.9 Å². The van der Waals surface area contributed by atoms with Gasteiger partial charge in [-0.25, -0.2) is 0 Å². The second-order valence-corrected chi connectivity index (χ2v) is 7.75. The Morgan fingerprint density at radius 2 is 1.62 bits per heavy atom. The largest absolute Gasteiger partial charge is 0.416 e. The van der Waals surface area contributed by atoms with E-state index >= 15 is 0 Å². The van der Waals surface area contributed by atoms with E-state index in [-0.39, 0.29) is 22.7 Å². The molecular formula is C23H17Cl2F3N2O2. The van der Waals surface area contributed by atoms with Gasteiger partial charge in [0.2, 0.25) is 5.91 Å². The minimum atomic E-state index is -4.59. The molecule has 0 bridgehead atoms. The van der Waals surface area contributed by atoms with E-state index in [1.807, 2.05) is 0 Å². The molecular weight excluding hydrogens is 464 g/mol. The van der Waals surface area contributed by atoms with Gasteiger partial charge in [-0.15, -0.1) is 0 Å². The molecule has 0 aromatic heterocycles. The van der Waals surface area contributed by atoms with Crippen LogP contribution in [0.5, 0.6) is 0 Å². The van der Waals surface area contributed by atoms with Gasteiger partial charge < -0.3 is 10.6 Å². The van der Waals surface area contributed by atoms with Crippen molar-refractivity contribution in [1.82, 2.24) is 5.32 Å². The molecule has 32 heavy (non-hydrogen) atoms. The molecule has 1 unspecified atom stereocenters. The summed E-state index contributed by atoms with van der Waals surface area (Å²) in [5.41, 5.74) is -0.135. The third kappa shape index (κ3) is 6.24. The Kier molecular flexibility index (Phi) is 7.43. The van der Waals surface area contributed by atoms with Crippen LogP contribution in [0.1, 0.15) is 21.5 Å². The van der Waals surface area contributed by atoms with Crippen LogP contribution in [-0.4, -0.2) is 17.9 Å². The number of carbonyl (C=O) groups is 2. The van der Waals surface area contributed by atoms with Crippen LogP contribution in [0.3, 0.4) is 0 Å². The molecule has 0 aliphatic rings. The monoisotopic (exact) mass is 480 g/mol. The van der Waals surface area contributed by atoms with Crippen LogP contribution < -0.4 is 10.6 Å². The molecule has 0 spiro atoms. The fourth-order valence-corrected chi connectivity index (χ4v) is 3.40. The molecule has 3 aromatic rings. The number of hydrogen-bond acceptors (Lipinski definition) is 2. The fraction of sp³-hybridized carbons (Fsp3) is 0.130. The Labute approximate surface area is 192 Å². The molecule has 9 heteroatoms. The lowest BCUT2D eigenvalue weighted by atomic mass is 10.0. The van der Waals surface area contributed by atoms with Crippen molar-refractivity contribution in [3.05, 3.63) is 99.5 Å². The van der Waals surface area contributed by atoms with E-state index in [1.54, 1.807) is 30.3 Å². The Hall–Kier alpha value is -3.03. The van der Waals surface area contributed by atoms with Crippen LogP contribution in [0.2, 0.25) is 10.0 Å². The first-order chi connectivity index (χ1) is 15.1. The van der Waals surface area contributed by atoms with Crippen molar-refractivity contribution in [2.24, 2.45) is 0 Å². The molecule has 0 fully saturated rings. The average molecular weight is 481 g/mol. The molecule has 0 aliphatic heterocycles. The summed E-state index contributed by atoms with van der Waals surface area (Å²) in [4.78, 5) is 25.6. The van der Waals surface area contributed by atoms with Crippen molar-refractivity contribution in [1.29, 1.82) is 0 Å². The van der Waals surface area contributed by atoms with Gasteiger partial charge in [0, 0.05) is 17.0 Å². The molecule has 0 radical (unpaired) electrons. The zero-order valence-corrected chi connectivity index (χ0v) is 17.9. The van der Waals surface area contributed by atoms with Crippen molar-refractivity contribution in [3.8, 4) is 0 Å². The summed E-state index contributed by atoms with van der Waals surface area (Å²) < 4.78 is 39.0. The van der Waals surface area contributed by atoms with Crippen molar-refractivity contribution in [2.75, 3.05) is 5.32 Å². The van der Waals surface area contributed by atoms with Gasteiger partial charge in [-0.3, -0.25) is 9.59 Å². The van der Waals surface area contributed by atoms with Crippen LogP contribution >= 0.6 is 23.2 Å². The quantitative estimate of drug-likeness (QED) is 0.455. The van der Waals surface area contributed by atoms with E-state index in [9.17, 15) is 22.8 Å². The van der Waals surface area contributed by atoms with Gasteiger partial charge in [-0.2, -0.15) is 13.2 Å². The van der Waals surface area contributed by atoms with E-state index < -0.39 is 29.6 Å². The third-order valence-electron chi connectivity index (χ3n) is 4.55. The zero-order valence-electron chi connectivity index (χ0n) is 16.4. The number of amides is 2. The SMILES string of the molecule is O=C(NC(Cc1ccccc1)C(=O)Nc1ccc(Cl)cc1Cl)c1cccc(C(F)(F)F)c1. The summed E-state index contributed by atoms with van der Waals surface area (Å²) in [6.07, 6.45) is -4.48. The fourth-order valence-electron chi connectivity index (χ4n) is 2.95. The lowest BCUT2D eigenvalue weighted by Crippen LogP contribution is -2.45. The molecule has 166 valence electrons. The van der Waals surface area contributed by atoms with E-state index in [4.69, 9.17) is 23.2 Å². The topological polar surface area (TPSA) is 58.2 Å². The Morgan fingerprint density at radius 3 is 2.28 bits per heavy atom. The maximum absolute atomic E-state index is 13.0. The van der Waals surface area contributed by atoms with Crippen LogP contribution in [0.15, 0.2) is 72.8 Å². The molecule has 3 aromatic carbocycles. The molecule has 0 saturated carbocycles. The molecule has 4 nitrogen and oxygen atoms in total. The Morgan fingerprint density at radius 1 is 0.906 bits per heavy atom. The zero-order chi connectivity index (χ0) is 23.3. The highest BCUT2D eigenvalue weighted by atomic mass is 35.5. The summed E-state index contributed by atoms with van der Waals surface area (Å²) in [5, 5.41) is 5.73. The molecule has 3 rings (SSSR count). The van der Waals surface area contributed by atoms with Gasteiger partial charge in [0.1, 0.15) is 6.04 Å². The van der Waals surface area contributed by atoms with Gasteiger partial charge >= 0.3 is 6.18 Å². The maximum atomic E-state index is 13.0. The lowest BCUT2D eigenvalue weighted by molar-refractivity contribution is -0.137. The first-order valence-electron chi connectivity index (χ1n) is 9.41. The highest BCUT2D eigenvalue weighted by Gasteiger charge is 2.31. The van der Waals surface area contributed by atoms with Crippen LogP contribution in [0.25, 0.3) is 0 Å². The number of carbonyl (C=O) groups excluding carboxylic acids is 2. The summed E-state index contributed by atoms with van der Waals surface area (Å²) in [5.74, 6) is -1.40. The van der Waals surface area contributed by atoms with Crippen LogP contribution in [0, 0.1) is 0 Å².